The van der Waals surface area contributed by atoms with Gasteiger partial charge in [0.05, 0.1) is 17.6 Å². The van der Waals surface area contributed by atoms with Crippen molar-refractivity contribution in [3.8, 4) is 5.75 Å². The van der Waals surface area contributed by atoms with E-state index < -0.39 is 5.97 Å². The Kier molecular flexibility index (Phi) is 2.77. The number of anilines is 1. The molecule has 17 heavy (non-hydrogen) atoms. The first-order valence-corrected chi connectivity index (χ1v) is 5.07. The van der Waals surface area contributed by atoms with Crippen molar-refractivity contribution in [3.63, 3.8) is 0 Å². The third-order valence-electron chi connectivity index (χ3n) is 2.35. The Morgan fingerprint density at radius 3 is 2.76 bits per heavy atom. The van der Waals surface area contributed by atoms with E-state index >= 15 is 0 Å². The third kappa shape index (κ3) is 1.97. The molecule has 0 saturated carbocycles. The summed E-state index contributed by atoms with van der Waals surface area (Å²) >= 11 is 5.94. The van der Waals surface area contributed by atoms with Crippen molar-refractivity contribution >= 4 is 34.3 Å². The quantitative estimate of drug-likeness (QED) is 0.856. The van der Waals surface area contributed by atoms with Gasteiger partial charge in [-0.15, -0.1) is 0 Å². The van der Waals surface area contributed by atoms with Crippen molar-refractivity contribution in [2.45, 2.75) is 0 Å². The van der Waals surface area contributed by atoms with Crippen LogP contribution in [0, 0.1) is 0 Å². The molecule has 0 unspecified atom stereocenters. The van der Waals surface area contributed by atoms with Gasteiger partial charge in [0.1, 0.15) is 17.1 Å². The van der Waals surface area contributed by atoms with Gasteiger partial charge in [0.15, 0.2) is 0 Å². The number of nitrogens with two attached hydrogens (primary N) is 1. The number of carboxylic acids is 1. The minimum atomic E-state index is -1.12. The number of fused-ring (bicyclic) bond motifs is 1. The Hall–Kier alpha value is -2.01. The molecule has 0 aliphatic heterocycles. The van der Waals surface area contributed by atoms with Crippen molar-refractivity contribution in [1.82, 2.24) is 4.98 Å². The number of ether oxygens (including phenoxy) is 1. The molecule has 6 heteroatoms. The first kappa shape index (κ1) is 11.5. The number of aromatic nitrogens is 1. The molecule has 0 amide bonds. The fraction of sp³-hybridized carbons (Fsp3) is 0.0909. The monoisotopic (exact) mass is 252 g/mol. The maximum absolute atomic E-state index is 10.9. The highest BCUT2D eigenvalue weighted by molar-refractivity contribution is 6.32. The van der Waals surface area contributed by atoms with Gasteiger partial charge in [-0.3, -0.25) is 0 Å². The van der Waals surface area contributed by atoms with Crippen LogP contribution in [0.5, 0.6) is 5.75 Å². The number of pyridine rings is 1. The lowest BCUT2D eigenvalue weighted by Crippen LogP contribution is -2.04. The van der Waals surface area contributed by atoms with Gasteiger partial charge in [-0.1, -0.05) is 11.6 Å². The highest BCUT2D eigenvalue weighted by Gasteiger charge is 2.12. The summed E-state index contributed by atoms with van der Waals surface area (Å²) in [7, 11) is 1.48. The van der Waals surface area contributed by atoms with Gasteiger partial charge < -0.3 is 15.6 Å². The van der Waals surface area contributed by atoms with Crippen LogP contribution >= 0.6 is 11.6 Å². The number of nitrogen functional groups attached to an aromatic ring is 1. The molecule has 0 radical (unpaired) electrons. The van der Waals surface area contributed by atoms with Crippen LogP contribution in [-0.2, 0) is 0 Å². The second-order valence-corrected chi connectivity index (χ2v) is 3.81. The summed E-state index contributed by atoms with van der Waals surface area (Å²) in [5.74, 6) is -0.695. The van der Waals surface area contributed by atoms with Crippen LogP contribution in [0.1, 0.15) is 10.4 Å². The Morgan fingerprint density at radius 2 is 2.18 bits per heavy atom. The smallest absolute Gasteiger partial charge is 0.339 e. The fourth-order valence-corrected chi connectivity index (χ4v) is 1.75. The molecule has 0 spiro atoms. The zero-order chi connectivity index (χ0) is 12.6. The lowest BCUT2D eigenvalue weighted by molar-refractivity contribution is 0.0698. The van der Waals surface area contributed by atoms with E-state index in [0.717, 1.165) is 0 Å². The van der Waals surface area contributed by atoms with Crippen LogP contribution < -0.4 is 10.5 Å². The molecule has 1 aromatic carbocycles. The molecule has 3 N–H and O–H groups in total. The SMILES string of the molecule is COc1cc2cc(C(=O)O)c(N)nc2cc1Cl. The zero-order valence-corrected chi connectivity index (χ0v) is 9.65. The van der Waals surface area contributed by atoms with Crippen LogP contribution in [0.2, 0.25) is 5.02 Å². The first-order valence-electron chi connectivity index (χ1n) is 4.70. The van der Waals surface area contributed by atoms with Gasteiger partial charge in [0.2, 0.25) is 0 Å². The number of methoxy groups -OCH3 is 1. The summed E-state index contributed by atoms with van der Waals surface area (Å²) in [5, 5.41) is 9.94. The average molecular weight is 253 g/mol. The molecule has 0 bridgehead atoms. The van der Waals surface area contributed by atoms with E-state index in [1.54, 1.807) is 12.1 Å². The number of halogens is 1. The fourth-order valence-electron chi connectivity index (χ4n) is 1.52. The number of benzene rings is 1. The standard InChI is InChI=1S/C11H9ClN2O3/c1-17-9-3-5-2-6(11(15)16)10(13)14-8(5)4-7(9)12/h2-4H,1H3,(H2,13,14)(H,15,16). The number of carbonyl (C=O) groups is 1. The van der Waals surface area contributed by atoms with Gasteiger partial charge in [0.25, 0.3) is 0 Å². The minimum Gasteiger partial charge on any atom is -0.495 e. The molecule has 1 aromatic heterocycles. The van der Waals surface area contributed by atoms with E-state index in [4.69, 9.17) is 27.2 Å². The van der Waals surface area contributed by atoms with Gasteiger partial charge in [-0.25, -0.2) is 9.78 Å². The number of hydrogen-bond acceptors (Lipinski definition) is 4. The largest absolute Gasteiger partial charge is 0.495 e. The molecule has 0 aliphatic carbocycles. The average Bonchev–Trinajstić information content (AvgIpc) is 2.27. The second-order valence-electron chi connectivity index (χ2n) is 3.41. The van der Waals surface area contributed by atoms with Crippen LogP contribution in [0.25, 0.3) is 10.9 Å². The van der Waals surface area contributed by atoms with Crippen LogP contribution in [0.15, 0.2) is 18.2 Å². The minimum absolute atomic E-state index is 0.0359. The third-order valence-corrected chi connectivity index (χ3v) is 2.64. The predicted octanol–water partition coefficient (Wildman–Crippen LogP) is 2.18. The molecule has 0 aliphatic rings. The maximum atomic E-state index is 10.9. The Labute approximate surface area is 102 Å². The molecule has 0 fully saturated rings. The van der Waals surface area contributed by atoms with E-state index in [1.165, 1.54) is 13.2 Å². The molecule has 0 atom stereocenters. The lowest BCUT2D eigenvalue weighted by atomic mass is 10.1. The summed E-state index contributed by atoms with van der Waals surface area (Å²) in [6.45, 7) is 0. The van der Waals surface area contributed by atoms with Gasteiger partial charge >= 0.3 is 5.97 Å². The van der Waals surface area contributed by atoms with Crippen LogP contribution in [-0.4, -0.2) is 23.2 Å². The molecule has 0 saturated heterocycles. The Bertz CT molecular complexity index is 613. The van der Waals surface area contributed by atoms with E-state index in [-0.39, 0.29) is 11.4 Å². The van der Waals surface area contributed by atoms with E-state index in [0.29, 0.717) is 21.7 Å². The lowest BCUT2D eigenvalue weighted by Gasteiger charge is -2.07. The number of nitrogens with zero attached hydrogens (tertiary/aromatic N) is 1. The molecule has 2 rings (SSSR count). The van der Waals surface area contributed by atoms with Crippen molar-refractivity contribution in [2.24, 2.45) is 0 Å². The van der Waals surface area contributed by atoms with Crippen molar-refractivity contribution < 1.29 is 14.6 Å². The summed E-state index contributed by atoms with van der Waals surface area (Å²) in [5.41, 5.74) is 6.03. The number of hydrogen-bond donors (Lipinski definition) is 2. The van der Waals surface area contributed by atoms with E-state index in [2.05, 4.69) is 4.98 Å². The molecule has 88 valence electrons. The Balaban J connectivity index is 2.75. The topological polar surface area (TPSA) is 85.4 Å². The zero-order valence-electron chi connectivity index (χ0n) is 8.90. The summed E-state index contributed by atoms with van der Waals surface area (Å²) in [6.07, 6.45) is 0. The maximum Gasteiger partial charge on any atom is 0.339 e. The number of aromatic carboxylic acids is 1. The molecule has 5 nitrogen and oxygen atoms in total. The molecule has 2 aromatic rings. The van der Waals surface area contributed by atoms with Gasteiger partial charge in [0, 0.05) is 5.39 Å². The Morgan fingerprint density at radius 1 is 1.47 bits per heavy atom. The number of carboxylic acid groups (broad SMARTS) is 1. The van der Waals surface area contributed by atoms with Crippen LogP contribution in [0.4, 0.5) is 5.82 Å². The predicted molar refractivity (Wildman–Crippen MR) is 64.7 cm³/mol. The highest BCUT2D eigenvalue weighted by Crippen LogP contribution is 2.30. The van der Waals surface area contributed by atoms with E-state index in [9.17, 15) is 4.79 Å². The molecular formula is C11H9ClN2O3. The molecule has 1 heterocycles. The first-order chi connectivity index (χ1) is 8.02. The highest BCUT2D eigenvalue weighted by atomic mass is 35.5. The van der Waals surface area contributed by atoms with Crippen molar-refractivity contribution in [1.29, 1.82) is 0 Å². The number of rotatable bonds is 2. The van der Waals surface area contributed by atoms with Gasteiger partial charge in [-0.2, -0.15) is 0 Å². The van der Waals surface area contributed by atoms with E-state index in [1.807, 2.05) is 0 Å². The van der Waals surface area contributed by atoms with Gasteiger partial charge in [-0.05, 0) is 18.2 Å². The normalized spacial score (nSPS) is 10.5. The van der Waals surface area contributed by atoms with Crippen molar-refractivity contribution in [3.05, 3.63) is 28.8 Å². The molecular weight excluding hydrogens is 244 g/mol. The summed E-state index contributed by atoms with van der Waals surface area (Å²) in [6, 6.07) is 4.65. The summed E-state index contributed by atoms with van der Waals surface area (Å²) in [4.78, 5) is 14.9. The van der Waals surface area contributed by atoms with Crippen LogP contribution in [0.3, 0.4) is 0 Å². The summed E-state index contributed by atoms with van der Waals surface area (Å²) < 4.78 is 5.05. The second kappa shape index (κ2) is 4.10. The van der Waals surface area contributed by atoms with Crippen molar-refractivity contribution in [2.75, 3.05) is 12.8 Å².